The summed E-state index contributed by atoms with van der Waals surface area (Å²) in [7, 11) is 0. The van der Waals surface area contributed by atoms with Crippen LogP contribution in [-0.4, -0.2) is 193 Å². The van der Waals surface area contributed by atoms with Gasteiger partial charge in [0.1, 0.15) is 73.2 Å². The highest BCUT2D eigenvalue weighted by atomic mass is 16.8. The molecule has 19 heteroatoms. The first-order valence-electron chi connectivity index (χ1n) is 18.8. The van der Waals surface area contributed by atoms with Crippen LogP contribution in [-0.2, 0) is 33.2 Å². The van der Waals surface area contributed by atoms with Crippen LogP contribution in [0.25, 0.3) is 0 Å². The Hall–Kier alpha value is -1.21. The average Bonchev–Trinajstić information content (AvgIpc) is 3.14. The first-order valence-corrected chi connectivity index (χ1v) is 18.8. The number of hydrogen-bond acceptors (Lipinski definition) is 18. The van der Waals surface area contributed by atoms with Crippen LogP contribution >= 0.6 is 0 Å². The van der Waals surface area contributed by atoms with Crippen molar-refractivity contribution in [1.82, 2.24) is 5.32 Å². The predicted molar refractivity (Wildman–Crippen MR) is 180 cm³/mol. The lowest BCUT2D eigenvalue weighted by Crippen LogP contribution is -2.66. The van der Waals surface area contributed by atoms with Crippen molar-refractivity contribution in [2.75, 3.05) is 26.4 Å². The minimum Gasteiger partial charge on any atom is -0.394 e. The molecule has 0 saturated carbocycles. The molecule has 19 nitrogen and oxygen atoms in total. The Morgan fingerprint density at radius 1 is 0.604 bits per heavy atom. The van der Waals surface area contributed by atoms with E-state index in [1.54, 1.807) is 0 Å². The lowest BCUT2D eigenvalue weighted by molar-refractivity contribution is -0.379. The van der Waals surface area contributed by atoms with E-state index in [-0.39, 0.29) is 18.9 Å². The van der Waals surface area contributed by atoms with E-state index in [1.807, 2.05) is 6.92 Å². The van der Waals surface area contributed by atoms with Crippen LogP contribution in [0.15, 0.2) is 0 Å². The van der Waals surface area contributed by atoms with Crippen molar-refractivity contribution in [3.05, 3.63) is 0 Å². The summed E-state index contributed by atoms with van der Waals surface area (Å²) < 4.78 is 33.6. The molecule has 3 fully saturated rings. The molecule has 0 bridgehead atoms. The lowest BCUT2D eigenvalue weighted by atomic mass is 9.96. The van der Waals surface area contributed by atoms with Crippen LogP contribution in [0.1, 0.15) is 78.1 Å². The van der Waals surface area contributed by atoms with Crippen LogP contribution in [0.5, 0.6) is 0 Å². The molecule has 17 atom stereocenters. The van der Waals surface area contributed by atoms with Crippen molar-refractivity contribution in [3.63, 3.8) is 0 Å². The van der Waals surface area contributed by atoms with E-state index in [0.717, 1.165) is 38.5 Å². The normalized spacial score (nSPS) is 39.1. The summed E-state index contributed by atoms with van der Waals surface area (Å²) in [5.41, 5.74) is 0. The maximum atomic E-state index is 12.4. The van der Waals surface area contributed by atoms with Crippen molar-refractivity contribution >= 4 is 5.91 Å². The molecule has 0 aromatic heterocycles. The number of carbonyl (C=O) groups is 1. The zero-order chi connectivity index (χ0) is 39.2. The molecule has 1 amide bonds. The van der Waals surface area contributed by atoms with Crippen LogP contribution in [0.4, 0.5) is 0 Å². The largest absolute Gasteiger partial charge is 0.394 e. The molecule has 3 aliphatic heterocycles. The Balaban J connectivity index is 1.62. The maximum absolute atomic E-state index is 12.4. The fraction of sp³-hybridized carbons (Fsp3) is 0.971. The molecule has 0 aromatic carbocycles. The SMILES string of the molecule is CCCCCCCCCC(O)C(COC1OC(CO)C(OC2OC(CO)C(OC3OC(CO)C(O)C(O)C3O)C(O)C2O)C(O)C1O)NC(=O)CCC. The van der Waals surface area contributed by atoms with Crippen molar-refractivity contribution in [1.29, 1.82) is 0 Å². The molecule has 12 N–H and O–H groups in total. The van der Waals surface area contributed by atoms with E-state index in [9.17, 15) is 61.0 Å². The Morgan fingerprint density at radius 3 is 1.60 bits per heavy atom. The van der Waals surface area contributed by atoms with Crippen molar-refractivity contribution in [3.8, 4) is 0 Å². The van der Waals surface area contributed by atoms with Gasteiger partial charge in [0.2, 0.25) is 5.91 Å². The molecule has 0 aliphatic carbocycles. The van der Waals surface area contributed by atoms with Crippen molar-refractivity contribution in [2.45, 2.75) is 182 Å². The van der Waals surface area contributed by atoms with Gasteiger partial charge < -0.3 is 89.9 Å². The first-order chi connectivity index (χ1) is 25.3. The number of aliphatic hydroxyl groups excluding tert-OH is 11. The van der Waals surface area contributed by atoms with Gasteiger partial charge in [-0.25, -0.2) is 0 Å². The van der Waals surface area contributed by atoms with E-state index >= 15 is 0 Å². The lowest BCUT2D eigenvalue weighted by Gasteiger charge is -2.48. The highest BCUT2D eigenvalue weighted by Gasteiger charge is 2.53. The van der Waals surface area contributed by atoms with Gasteiger partial charge in [-0.05, 0) is 12.8 Å². The molecule has 312 valence electrons. The number of hydrogen-bond donors (Lipinski definition) is 12. The summed E-state index contributed by atoms with van der Waals surface area (Å²) in [6.45, 7) is 1.27. The molecule has 0 spiro atoms. The molecule has 53 heavy (non-hydrogen) atoms. The molecular formula is C34H63NO18. The average molecular weight is 774 g/mol. The van der Waals surface area contributed by atoms with Gasteiger partial charge in [-0.1, -0.05) is 58.8 Å². The van der Waals surface area contributed by atoms with E-state index < -0.39 is 124 Å². The number of carbonyl (C=O) groups excluding carboxylic acids is 1. The first kappa shape index (κ1) is 46.2. The van der Waals surface area contributed by atoms with Gasteiger partial charge in [0.15, 0.2) is 18.9 Å². The summed E-state index contributed by atoms with van der Waals surface area (Å²) >= 11 is 0. The fourth-order valence-electron chi connectivity index (χ4n) is 6.65. The monoisotopic (exact) mass is 773 g/mol. The zero-order valence-electron chi connectivity index (χ0n) is 30.5. The number of aliphatic hydroxyl groups is 11. The molecular weight excluding hydrogens is 710 g/mol. The van der Waals surface area contributed by atoms with Crippen LogP contribution in [0.3, 0.4) is 0 Å². The number of rotatable bonds is 22. The Bertz CT molecular complexity index is 1030. The molecule has 3 saturated heterocycles. The van der Waals surface area contributed by atoms with Gasteiger partial charge in [-0.2, -0.15) is 0 Å². The Labute approximate surface area is 309 Å². The third-order valence-electron chi connectivity index (χ3n) is 9.90. The molecule has 0 aromatic rings. The predicted octanol–water partition coefficient (Wildman–Crippen LogP) is -3.76. The summed E-state index contributed by atoms with van der Waals surface area (Å²) in [5.74, 6) is -0.304. The molecule has 3 heterocycles. The smallest absolute Gasteiger partial charge is 0.220 e. The standard InChI is InChI=1S/C34H63NO18/c1-3-5-6-7-8-9-10-12-18(39)17(35-22(40)11-4-2)16-48-32-28(46)25(43)30(20(14-37)50-32)53-34-29(47)26(44)31(21(15-38)51-34)52-33-27(45)24(42)23(41)19(13-36)49-33/h17-21,23-34,36-39,41-47H,3-16H2,1-2H3,(H,35,40). The quantitative estimate of drug-likeness (QED) is 0.0470. The second-order valence-corrected chi connectivity index (χ2v) is 14.0. The van der Waals surface area contributed by atoms with Crippen LogP contribution in [0.2, 0.25) is 0 Å². The number of unbranched alkanes of at least 4 members (excludes halogenated alkanes) is 6. The number of ether oxygens (including phenoxy) is 6. The Morgan fingerprint density at radius 2 is 1.08 bits per heavy atom. The zero-order valence-corrected chi connectivity index (χ0v) is 30.5. The van der Waals surface area contributed by atoms with E-state index in [1.165, 1.54) is 6.42 Å². The number of nitrogens with one attached hydrogen (secondary N) is 1. The van der Waals surface area contributed by atoms with E-state index in [2.05, 4.69) is 12.2 Å². The van der Waals surface area contributed by atoms with Crippen LogP contribution < -0.4 is 5.32 Å². The third kappa shape index (κ3) is 12.6. The van der Waals surface area contributed by atoms with Gasteiger partial charge in [-0.3, -0.25) is 4.79 Å². The Kier molecular flexibility index (Phi) is 20.1. The topological polar surface area (TPSA) is 307 Å². The van der Waals surface area contributed by atoms with Gasteiger partial charge in [-0.15, -0.1) is 0 Å². The third-order valence-corrected chi connectivity index (χ3v) is 9.90. The minimum atomic E-state index is -1.96. The second-order valence-electron chi connectivity index (χ2n) is 14.0. The van der Waals surface area contributed by atoms with Gasteiger partial charge in [0.05, 0.1) is 38.6 Å². The second kappa shape index (κ2) is 23.1. The molecule has 17 unspecified atom stereocenters. The molecule has 3 aliphatic rings. The summed E-state index contributed by atoms with van der Waals surface area (Å²) in [5, 5.41) is 118. The van der Waals surface area contributed by atoms with Crippen molar-refractivity contribution < 1.29 is 89.4 Å². The molecule has 3 rings (SSSR count). The summed E-state index contributed by atoms with van der Waals surface area (Å²) in [6.07, 6.45) is -18.0. The fourth-order valence-corrected chi connectivity index (χ4v) is 6.65. The highest BCUT2D eigenvalue weighted by molar-refractivity contribution is 5.76. The summed E-state index contributed by atoms with van der Waals surface area (Å²) in [4.78, 5) is 12.4. The highest BCUT2D eigenvalue weighted by Crippen LogP contribution is 2.32. The van der Waals surface area contributed by atoms with E-state index in [0.29, 0.717) is 12.8 Å². The maximum Gasteiger partial charge on any atom is 0.220 e. The minimum absolute atomic E-state index is 0.217. The van der Waals surface area contributed by atoms with E-state index in [4.69, 9.17) is 28.4 Å². The van der Waals surface area contributed by atoms with Crippen LogP contribution in [0, 0.1) is 0 Å². The van der Waals surface area contributed by atoms with Gasteiger partial charge >= 0.3 is 0 Å². The summed E-state index contributed by atoms with van der Waals surface area (Å²) in [6, 6.07) is -0.871. The van der Waals surface area contributed by atoms with Crippen molar-refractivity contribution in [2.24, 2.45) is 0 Å². The van der Waals surface area contributed by atoms with Gasteiger partial charge in [0, 0.05) is 6.42 Å². The molecule has 0 radical (unpaired) electrons. The number of amides is 1. The van der Waals surface area contributed by atoms with Gasteiger partial charge in [0.25, 0.3) is 0 Å².